The summed E-state index contributed by atoms with van der Waals surface area (Å²) in [7, 11) is 1.59. The van der Waals surface area contributed by atoms with Crippen molar-refractivity contribution in [3.63, 3.8) is 0 Å². The molecule has 2 aliphatic heterocycles. The molecule has 3 amide bonds. The molecule has 2 aliphatic rings. The average Bonchev–Trinajstić information content (AvgIpc) is 3.21. The van der Waals surface area contributed by atoms with E-state index in [1.165, 1.54) is 4.90 Å². The van der Waals surface area contributed by atoms with Crippen molar-refractivity contribution in [1.82, 2.24) is 15.5 Å². The first-order valence-corrected chi connectivity index (χ1v) is 11.2. The van der Waals surface area contributed by atoms with Gasteiger partial charge in [-0.05, 0) is 41.6 Å². The number of esters is 1. The smallest absolute Gasteiger partial charge is 0.338 e. The Hall–Kier alpha value is -3.46. The molecule has 32 heavy (non-hydrogen) atoms. The minimum absolute atomic E-state index is 0.0350. The van der Waals surface area contributed by atoms with Gasteiger partial charge in [-0.1, -0.05) is 24.3 Å². The average molecular weight is 454 g/mol. The van der Waals surface area contributed by atoms with Crippen LogP contribution in [0.5, 0.6) is 5.75 Å². The van der Waals surface area contributed by atoms with Crippen molar-refractivity contribution >= 4 is 29.7 Å². The number of hydrogen-bond donors (Lipinski definition) is 2. The van der Waals surface area contributed by atoms with Crippen molar-refractivity contribution in [2.24, 2.45) is 0 Å². The largest absolute Gasteiger partial charge is 0.497 e. The zero-order valence-electron chi connectivity index (χ0n) is 17.7. The molecular weight excluding hydrogens is 430 g/mol. The van der Waals surface area contributed by atoms with Crippen LogP contribution < -0.4 is 15.4 Å². The molecule has 0 aliphatic carbocycles. The van der Waals surface area contributed by atoms with Gasteiger partial charge in [-0.25, -0.2) is 9.59 Å². The molecular formula is C23H23N3O5S. The maximum Gasteiger partial charge on any atom is 0.338 e. The molecule has 8 nitrogen and oxygen atoms in total. The lowest BCUT2D eigenvalue weighted by atomic mass is 9.96. The van der Waals surface area contributed by atoms with Gasteiger partial charge < -0.3 is 20.1 Å². The molecule has 166 valence electrons. The highest BCUT2D eigenvalue weighted by molar-refractivity contribution is 7.98. The van der Waals surface area contributed by atoms with E-state index in [9.17, 15) is 14.4 Å². The highest BCUT2D eigenvalue weighted by Gasteiger charge is 2.42. The van der Waals surface area contributed by atoms with E-state index < -0.39 is 18.0 Å². The maximum absolute atomic E-state index is 12.8. The third-order valence-corrected chi connectivity index (χ3v) is 6.14. The van der Waals surface area contributed by atoms with Gasteiger partial charge in [-0.15, -0.1) is 11.8 Å². The first kappa shape index (κ1) is 21.8. The fourth-order valence-electron chi connectivity index (χ4n) is 3.67. The number of methoxy groups -OCH3 is 1. The topological polar surface area (TPSA) is 97.0 Å². The Morgan fingerprint density at radius 1 is 1.19 bits per heavy atom. The third kappa shape index (κ3) is 4.43. The Kier molecular flexibility index (Phi) is 6.36. The van der Waals surface area contributed by atoms with Crippen LogP contribution in [0, 0.1) is 0 Å². The van der Waals surface area contributed by atoms with Crippen LogP contribution in [0.25, 0.3) is 0 Å². The van der Waals surface area contributed by atoms with E-state index in [4.69, 9.17) is 9.47 Å². The minimum atomic E-state index is -0.609. The van der Waals surface area contributed by atoms with Crippen molar-refractivity contribution in [2.45, 2.75) is 17.5 Å². The van der Waals surface area contributed by atoms with Gasteiger partial charge in [-0.2, -0.15) is 0 Å². The van der Waals surface area contributed by atoms with Gasteiger partial charge in [0.1, 0.15) is 18.9 Å². The number of cyclic esters (lactones) is 1. The van der Waals surface area contributed by atoms with E-state index in [1.54, 1.807) is 18.9 Å². The normalized spacial score (nSPS) is 17.6. The first-order chi connectivity index (χ1) is 15.5. The fraction of sp³-hybridized carbons (Fsp3) is 0.261. The number of hydrogen-bond acceptors (Lipinski definition) is 6. The number of carbonyl (C=O) groups is 3. The Balaban J connectivity index is 1.48. The predicted molar refractivity (Wildman–Crippen MR) is 119 cm³/mol. The van der Waals surface area contributed by atoms with Crippen LogP contribution in [0.3, 0.4) is 0 Å². The second-order valence-corrected chi connectivity index (χ2v) is 8.18. The summed E-state index contributed by atoms with van der Waals surface area (Å²) in [5.41, 5.74) is 2.48. The lowest BCUT2D eigenvalue weighted by molar-refractivity contribution is -0.136. The number of nitrogens with zero attached hydrogens (tertiary/aromatic N) is 1. The first-order valence-electron chi connectivity index (χ1n) is 10.0. The molecule has 2 aromatic rings. The highest BCUT2D eigenvalue weighted by atomic mass is 32.2. The summed E-state index contributed by atoms with van der Waals surface area (Å²) in [5.74, 6) is -0.0967. The zero-order chi connectivity index (χ0) is 22.7. The second-order valence-electron chi connectivity index (χ2n) is 7.30. The van der Waals surface area contributed by atoms with E-state index in [0.29, 0.717) is 17.8 Å². The molecule has 2 heterocycles. The summed E-state index contributed by atoms with van der Waals surface area (Å²) in [6.07, 6.45) is 1.98. The van der Waals surface area contributed by atoms with E-state index >= 15 is 0 Å². The molecule has 1 atom stereocenters. The van der Waals surface area contributed by atoms with Crippen molar-refractivity contribution in [3.8, 4) is 5.75 Å². The molecule has 1 unspecified atom stereocenters. The fourth-order valence-corrected chi connectivity index (χ4v) is 4.08. The van der Waals surface area contributed by atoms with Gasteiger partial charge in [0.2, 0.25) is 5.91 Å². The van der Waals surface area contributed by atoms with Gasteiger partial charge in [0.25, 0.3) is 0 Å². The van der Waals surface area contributed by atoms with Gasteiger partial charge in [-0.3, -0.25) is 9.69 Å². The standard InChI is InChI=1S/C23H23N3O5S/c1-30-16-7-3-14(4-8-16)11-24-19(27)12-26-18-13-31-22(28)20(18)21(25-23(26)29)15-5-9-17(32-2)10-6-15/h3-10,21H,11-13H2,1-2H3,(H,24,27)(H,25,29). The number of nitrogens with one attached hydrogen (secondary N) is 2. The molecule has 2 N–H and O–H groups in total. The number of thioether (sulfide) groups is 1. The van der Waals surface area contributed by atoms with Crippen LogP contribution in [0.2, 0.25) is 0 Å². The van der Waals surface area contributed by atoms with Crippen LogP contribution in [0.15, 0.2) is 64.7 Å². The molecule has 0 saturated heterocycles. The lowest BCUT2D eigenvalue weighted by Crippen LogP contribution is -2.50. The van der Waals surface area contributed by atoms with Crippen molar-refractivity contribution in [2.75, 3.05) is 26.5 Å². The Labute approximate surface area is 189 Å². The SMILES string of the molecule is COc1ccc(CNC(=O)CN2C(=O)NC(c3ccc(SC)cc3)C3=C2COC3=O)cc1. The quantitative estimate of drug-likeness (QED) is 0.494. The predicted octanol–water partition coefficient (Wildman–Crippen LogP) is 2.61. The number of ether oxygens (including phenoxy) is 2. The van der Waals surface area contributed by atoms with E-state index in [-0.39, 0.29) is 19.1 Å². The Morgan fingerprint density at radius 2 is 1.91 bits per heavy atom. The zero-order valence-corrected chi connectivity index (χ0v) is 18.5. The number of urea groups is 1. The third-order valence-electron chi connectivity index (χ3n) is 5.40. The molecule has 0 saturated carbocycles. The summed E-state index contributed by atoms with van der Waals surface area (Å²) in [6, 6.07) is 13.9. The summed E-state index contributed by atoms with van der Waals surface area (Å²) >= 11 is 1.61. The maximum atomic E-state index is 12.8. The van der Waals surface area contributed by atoms with Crippen molar-refractivity contribution in [1.29, 1.82) is 0 Å². The molecule has 0 aromatic heterocycles. The van der Waals surface area contributed by atoms with Crippen molar-refractivity contribution < 1.29 is 23.9 Å². The van der Waals surface area contributed by atoms with Crippen LogP contribution in [0.4, 0.5) is 4.79 Å². The van der Waals surface area contributed by atoms with Crippen LogP contribution >= 0.6 is 11.8 Å². The van der Waals surface area contributed by atoms with Gasteiger partial charge in [0.05, 0.1) is 24.4 Å². The molecule has 0 fully saturated rings. The molecule has 0 spiro atoms. The molecule has 9 heteroatoms. The molecule has 0 radical (unpaired) electrons. The Bertz CT molecular complexity index is 1070. The lowest BCUT2D eigenvalue weighted by Gasteiger charge is -2.32. The number of rotatable bonds is 7. The molecule has 4 rings (SSSR count). The summed E-state index contributed by atoms with van der Waals surface area (Å²) in [5, 5.41) is 5.64. The van der Waals surface area contributed by atoms with Crippen molar-refractivity contribution in [3.05, 3.63) is 70.9 Å². The van der Waals surface area contributed by atoms with E-state index in [2.05, 4.69) is 10.6 Å². The Morgan fingerprint density at radius 3 is 2.56 bits per heavy atom. The number of amides is 3. The number of carbonyl (C=O) groups excluding carboxylic acids is 3. The summed E-state index contributed by atoms with van der Waals surface area (Å²) in [4.78, 5) is 40.2. The van der Waals surface area contributed by atoms with E-state index in [1.807, 2.05) is 54.8 Å². The van der Waals surface area contributed by atoms with Crippen LogP contribution in [-0.2, 0) is 20.9 Å². The minimum Gasteiger partial charge on any atom is -0.497 e. The highest BCUT2D eigenvalue weighted by Crippen LogP contribution is 2.35. The van der Waals surface area contributed by atoms with Crippen LogP contribution in [-0.4, -0.2) is 49.3 Å². The van der Waals surface area contributed by atoms with E-state index in [0.717, 1.165) is 21.8 Å². The summed E-state index contributed by atoms with van der Waals surface area (Å²) < 4.78 is 10.3. The second kappa shape index (κ2) is 9.35. The monoisotopic (exact) mass is 453 g/mol. The number of benzene rings is 2. The van der Waals surface area contributed by atoms with Gasteiger partial charge in [0.15, 0.2) is 0 Å². The summed E-state index contributed by atoms with van der Waals surface area (Å²) in [6.45, 7) is 0.0619. The molecule has 2 aromatic carbocycles. The molecule has 0 bridgehead atoms. The van der Waals surface area contributed by atoms with Gasteiger partial charge in [0, 0.05) is 11.4 Å². The van der Waals surface area contributed by atoms with Gasteiger partial charge >= 0.3 is 12.0 Å². The van der Waals surface area contributed by atoms with Crippen LogP contribution in [0.1, 0.15) is 17.2 Å².